The van der Waals surface area contributed by atoms with E-state index in [1.807, 2.05) is 6.07 Å². The lowest BCUT2D eigenvalue weighted by atomic mass is 9.93. The zero-order valence-corrected chi connectivity index (χ0v) is 14.2. The SMILES string of the molecule is O=C(ON1CCC(CC[C](F)(F)[AlH2])CC1)c1ccccc1. The number of alkyl halides is 2. The van der Waals surface area contributed by atoms with Crippen molar-refractivity contribution in [3.05, 3.63) is 35.9 Å². The van der Waals surface area contributed by atoms with Crippen molar-refractivity contribution >= 4 is 22.3 Å². The molecule has 0 unspecified atom stereocenters. The highest BCUT2D eigenvalue weighted by Gasteiger charge is 2.26. The molecule has 6 heteroatoms. The molecule has 114 valence electrons. The predicted octanol–water partition coefficient (Wildman–Crippen LogP) is 2.48. The molecule has 21 heavy (non-hydrogen) atoms. The van der Waals surface area contributed by atoms with Crippen molar-refractivity contribution in [3.8, 4) is 0 Å². The highest BCUT2D eigenvalue weighted by molar-refractivity contribution is 6.13. The first-order chi connectivity index (χ1) is 9.94. The highest BCUT2D eigenvalue weighted by Crippen LogP contribution is 2.26. The Labute approximate surface area is 131 Å². The number of carbonyl (C=O) groups excluding carboxylic acids is 1. The van der Waals surface area contributed by atoms with Gasteiger partial charge in [-0.2, -0.15) is 0 Å². The third-order valence-electron chi connectivity index (χ3n) is 3.79. The molecule has 1 aliphatic heterocycles. The van der Waals surface area contributed by atoms with Gasteiger partial charge in [0, 0.05) is 13.1 Å². The average Bonchev–Trinajstić information content (AvgIpc) is 2.46. The van der Waals surface area contributed by atoms with E-state index in [9.17, 15) is 13.6 Å². The van der Waals surface area contributed by atoms with Crippen LogP contribution in [0.3, 0.4) is 0 Å². The molecule has 0 atom stereocenters. The van der Waals surface area contributed by atoms with Gasteiger partial charge in [0.05, 0.1) is 5.56 Å². The monoisotopic (exact) mass is 311 g/mol. The van der Waals surface area contributed by atoms with Crippen LogP contribution in [-0.2, 0) is 4.84 Å². The lowest BCUT2D eigenvalue weighted by Gasteiger charge is -2.31. The van der Waals surface area contributed by atoms with Gasteiger partial charge in [-0.15, -0.1) is 5.06 Å². The van der Waals surface area contributed by atoms with Gasteiger partial charge in [0.2, 0.25) is 0 Å². The molecule has 0 radical (unpaired) electrons. The van der Waals surface area contributed by atoms with Crippen molar-refractivity contribution in [3.63, 3.8) is 0 Å². The number of halogens is 2. The van der Waals surface area contributed by atoms with Gasteiger partial charge in [-0.05, 0) is 43.7 Å². The Morgan fingerprint density at radius 2 is 1.90 bits per heavy atom. The van der Waals surface area contributed by atoms with Crippen LogP contribution < -0.4 is 0 Å². The van der Waals surface area contributed by atoms with Crippen LogP contribution in [-0.4, -0.2) is 45.2 Å². The summed E-state index contributed by atoms with van der Waals surface area (Å²) < 4.78 is 25.8. The number of rotatable bonds is 5. The van der Waals surface area contributed by atoms with Crippen LogP contribution in [0, 0.1) is 5.92 Å². The summed E-state index contributed by atoms with van der Waals surface area (Å²) in [6, 6.07) is 8.84. The molecule has 0 spiro atoms. The van der Waals surface area contributed by atoms with Crippen LogP contribution >= 0.6 is 0 Å². The number of piperidine rings is 1. The summed E-state index contributed by atoms with van der Waals surface area (Å²) in [5, 5.41) is 1.64. The zero-order valence-electron chi connectivity index (χ0n) is 12.2. The molecule has 0 aliphatic carbocycles. The van der Waals surface area contributed by atoms with Crippen molar-refractivity contribution in [2.75, 3.05) is 13.1 Å². The number of hydroxylamine groups is 2. The van der Waals surface area contributed by atoms with E-state index in [1.165, 1.54) is 0 Å². The molecule has 0 amide bonds. The van der Waals surface area contributed by atoms with Gasteiger partial charge in [-0.3, -0.25) is 0 Å². The fourth-order valence-electron chi connectivity index (χ4n) is 2.49. The van der Waals surface area contributed by atoms with Crippen LogP contribution in [0.4, 0.5) is 8.78 Å². The number of benzene rings is 1. The fraction of sp³-hybridized carbons (Fsp3) is 0.533. The summed E-state index contributed by atoms with van der Waals surface area (Å²) in [4.78, 5) is 14.8. The van der Waals surface area contributed by atoms with Crippen LogP contribution in [0.15, 0.2) is 30.3 Å². The second-order valence-electron chi connectivity index (χ2n) is 5.73. The molecule has 1 aromatic rings. The van der Waals surface area contributed by atoms with Crippen LogP contribution in [0.5, 0.6) is 0 Å². The van der Waals surface area contributed by atoms with Gasteiger partial charge >= 0.3 is 22.3 Å². The molecule has 0 N–H and O–H groups in total. The van der Waals surface area contributed by atoms with Gasteiger partial charge in [0.25, 0.3) is 0 Å². The summed E-state index contributed by atoms with van der Waals surface area (Å²) >= 11 is -0.0754. The molecule has 0 aromatic heterocycles. The summed E-state index contributed by atoms with van der Waals surface area (Å²) in [5.74, 6) is -0.0448. The van der Waals surface area contributed by atoms with E-state index in [1.54, 1.807) is 29.3 Å². The van der Waals surface area contributed by atoms with E-state index >= 15 is 0 Å². The molecule has 2 rings (SSSR count). The smallest absolute Gasteiger partial charge is 0.357 e. The van der Waals surface area contributed by atoms with Crippen LogP contribution in [0.2, 0.25) is 0 Å². The maximum absolute atomic E-state index is 12.9. The van der Waals surface area contributed by atoms with Gasteiger partial charge < -0.3 is 4.84 Å². The van der Waals surface area contributed by atoms with E-state index in [4.69, 9.17) is 4.84 Å². The lowest BCUT2D eigenvalue weighted by molar-refractivity contribution is -0.127. The zero-order chi connectivity index (χ0) is 15.3. The van der Waals surface area contributed by atoms with E-state index < -0.39 is 4.78 Å². The summed E-state index contributed by atoms with van der Waals surface area (Å²) in [7, 11) is 0. The Balaban J connectivity index is 1.73. The summed E-state index contributed by atoms with van der Waals surface area (Å²) in [5.41, 5.74) is 0.523. The van der Waals surface area contributed by atoms with E-state index in [2.05, 4.69) is 0 Å². The third kappa shape index (κ3) is 5.74. The molecule has 1 aromatic carbocycles. The average molecular weight is 311 g/mol. The number of nitrogens with zero attached hydrogens (tertiary/aromatic N) is 1. The van der Waals surface area contributed by atoms with Gasteiger partial charge in [-0.1, -0.05) is 18.2 Å². The second-order valence-corrected chi connectivity index (χ2v) is 7.19. The molecule has 1 aliphatic rings. The fourth-order valence-corrected chi connectivity index (χ4v) is 2.78. The highest BCUT2D eigenvalue weighted by atomic mass is 27.0. The van der Waals surface area contributed by atoms with E-state index in [0.29, 0.717) is 31.0 Å². The minimum absolute atomic E-state index is 0.00626. The molecular weight excluding hydrogens is 291 g/mol. The van der Waals surface area contributed by atoms with E-state index in [0.717, 1.165) is 12.8 Å². The van der Waals surface area contributed by atoms with Crippen molar-refractivity contribution < 1.29 is 18.4 Å². The first kappa shape index (κ1) is 16.4. The molecular formula is C15H20AlF2NO2. The molecule has 3 nitrogen and oxygen atoms in total. The maximum Gasteiger partial charge on any atom is 0.357 e. The molecule has 1 saturated heterocycles. The van der Waals surface area contributed by atoms with Crippen molar-refractivity contribution in [1.82, 2.24) is 5.06 Å². The number of hydrogen-bond donors (Lipinski definition) is 0. The van der Waals surface area contributed by atoms with Gasteiger partial charge in [0.1, 0.15) is 0 Å². The standard InChI is InChI=1S/C15H18F2NO2.Al.2H/c16-14(17)7-6-12-8-10-18(11-9-12)20-15(19)13-4-2-1-3-5-13;;;/h1-5,12H,6-11H2;;;. The molecule has 0 saturated carbocycles. The Hall–Kier alpha value is -0.958. The maximum atomic E-state index is 12.9. The van der Waals surface area contributed by atoms with E-state index in [-0.39, 0.29) is 28.7 Å². The van der Waals surface area contributed by atoms with Crippen molar-refractivity contribution in [1.29, 1.82) is 0 Å². The first-order valence-corrected chi connectivity index (χ1v) is 8.34. The Kier molecular flexibility index (Phi) is 5.74. The molecule has 1 fully saturated rings. The minimum atomic E-state index is -2.45. The quantitative estimate of drug-likeness (QED) is 0.783. The summed E-state index contributed by atoms with van der Waals surface area (Å²) in [6.45, 7) is 1.24. The largest absolute Gasteiger partial charge is 0.364 e. The van der Waals surface area contributed by atoms with Gasteiger partial charge in [0.15, 0.2) is 4.78 Å². The van der Waals surface area contributed by atoms with Crippen molar-refractivity contribution in [2.45, 2.75) is 30.5 Å². The number of hydrogen-bond acceptors (Lipinski definition) is 3. The van der Waals surface area contributed by atoms with Crippen LogP contribution in [0.1, 0.15) is 36.0 Å². The Morgan fingerprint density at radius 1 is 1.29 bits per heavy atom. The summed E-state index contributed by atoms with van der Waals surface area (Å²) in [6.07, 6.45) is 2.17. The topological polar surface area (TPSA) is 29.5 Å². The predicted molar refractivity (Wildman–Crippen MR) is 78.9 cm³/mol. The molecule has 0 bridgehead atoms. The molecule has 1 heterocycles. The first-order valence-electron chi connectivity index (χ1n) is 7.34. The van der Waals surface area contributed by atoms with Gasteiger partial charge in [-0.25, -0.2) is 13.6 Å². The Bertz CT molecular complexity index is 456. The van der Waals surface area contributed by atoms with Crippen molar-refractivity contribution in [2.24, 2.45) is 5.92 Å². The lowest BCUT2D eigenvalue weighted by Crippen LogP contribution is -2.36. The third-order valence-corrected chi connectivity index (χ3v) is 4.29. The second kappa shape index (κ2) is 7.35. The minimum Gasteiger partial charge on any atom is -0.364 e. The number of carbonyl (C=O) groups is 1. The Morgan fingerprint density at radius 3 is 2.48 bits per heavy atom. The normalized spacial score (nSPS) is 17.6. The van der Waals surface area contributed by atoms with Crippen LogP contribution in [0.25, 0.3) is 0 Å².